The van der Waals surface area contributed by atoms with E-state index in [9.17, 15) is 14.7 Å². The maximum Gasteiger partial charge on any atom is 0.339 e. The normalized spacial score (nSPS) is 13.4. The number of rotatable bonds is 3. The van der Waals surface area contributed by atoms with Crippen molar-refractivity contribution in [1.82, 2.24) is 0 Å². The van der Waals surface area contributed by atoms with Crippen LogP contribution in [0, 0.1) is 0 Å². The first-order chi connectivity index (χ1) is 6.02. The highest BCUT2D eigenvalue weighted by molar-refractivity contribution is 5.85. The Hall–Kier alpha value is -1.36. The van der Waals surface area contributed by atoms with Gasteiger partial charge in [0.25, 0.3) is 0 Å². The number of carbonyl (C=O) groups excluding carboxylic acids is 2. The van der Waals surface area contributed by atoms with Gasteiger partial charge in [0, 0.05) is 6.08 Å². The van der Waals surface area contributed by atoms with Gasteiger partial charge in [0.1, 0.15) is 0 Å². The third-order valence-electron chi connectivity index (χ3n) is 1.40. The third kappa shape index (κ3) is 3.71. The molecule has 0 heterocycles. The molecule has 0 aliphatic rings. The summed E-state index contributed by atoms with van der Waals surface area (Å²) in [5.74, 6) is -1.43. The molecule has 0 radical (unpaired) electrons. The molecule has 0 saturated carbocycles. The minimum Gasteiger partial charge on any atom is -0.467 e. The summed E-state index contributed by atoms with van der Waals surface area (Å²) in [6, 6.07) is 0. The van der Waals surface area contributed by atoms with E-state index in [2.05, 4.69) is 9.47 Å². The van der Waals surface area contributed by atoms with Crippen LogP contribution in [0.2, 0.25) is 0 Å². The van der Waals surface area contributed by atoms with Crippen molar-refractivity contribution in [2.24, 2.45) is 0 Å². The van der Waals surface area contributed by atoms with Crippen molar-refractivity contribution in [2.75, 3.05) is 14.2 Å². The molecule has 74 valence electrons. The second-order valence-electron chi connectivity index (χ2n) is 2.34. The van der Waals surface area contributed by atoms with Gasteiger partial charge in [-0.15, -0.1) is 0 Å². The molecule has 0 saturated heterocycles. The highest BCUT2D eigenvalue weighted by atomic mass is 16.5. The van der Waals surface area contributed by atoms with Gasteiger partial charge in [0.05, 0.1) is 14.2 Å². The van der Waals surface area contributed by atoms with Gasteiger partial charge in [-0.1, -0.05) is 0 Å². The predicted molar refractivity (Wildman–Crippen MR) is 43.8 cm³/mol. The van der Waals surface area contributed by atoms with Gasteiger partial charge in [-0.2, -0.15) is 0 Å². The van der Waals surface area contributed by atoms with Gasteiger partial charge in [-0.3, -0.25) is 0 Å². The number of ether oxygens (including phenoxy) is 2. The number of esters is 2. The molecule has 0 amide bonds. The van der Waals surface area contributed by atoms with E-state index in [0.717, 1.165) is 13.2 Å². The summed E-state index contributed by atoms with van der Waals surface area (Å²) in [5, 5.41) is 9.18. The highest BCUT2D eigenvalue weighted by Crippen LogP contribution is 2.03. The van der Waals surface area contributed by atoms with E-state index < -0.39 is 18.0 Å². The lowest BCUT2D eigenvalue weighted by Crippen LogP contribution is -2.23. The van der Waals surface area contributed by atoms with Crippen molar-refractivity contribution in [3.63, 3.8) is 0 Å². The molecule has 13 heavy (non-hydrogen) atoms. The molecule has 0 fully saturated rings. The lowest BCUT2D eigenvalue weighted by molar-refractivity contribution is -0.148. The Morgan fingerprint density at radius 1 is 1.31 bits per heavy atom. The second kappa shape index (κ2) is 5.31. The number of hydrogen-bond donors (Lipinski definition) is 1. The minimum absolute atomic E-state index is 0.179. The van der Waals surface area contributed by atoms with E-state index in [1.807, 2.05) is 0 Å². The molecule has 0 unspecified atom stereocenters. The van der Waals surface area contributed by atoms with Crippen LogP contribution in [0.4, 0.5) is 0 Å². The third-order valence-corrected chi connectivity index (χ3v) is 1.40. The van der Waals surface area contributed by atoms with Gasteiger partial charge in [0.15, 0.2) is 6.10 Å². The Labute approximate surface area is 75.9 Å². The zero-order valence-electron chi connectivity index (χ0n) is 7.73. The molecule has 5 nitrogen and oxygen atoms in total. The Kier molecular flexibility index (Phi) is 4.76. The standard InChI is InChI=1S/C8H12O5/c1-5(4-6(9)12-2)7(10)8(11)13-3/h4,7,10H,1-3H3/b5-4+/t7-/m0/s1. The van der Waals surface area contributed by atoms with Gasteiger partial charge in [-0.25, -0.2) is 9.59 Å². The van der Waals surface area contributed by atoms with Crippen LogP contribution in [0.3, 0.4) is 0 Å². The smallest absolute Gasteiger partial charge is 0.339 e. The number of hydrogen-bond acceptors (Lipinski definition) is 5. The lowest BCUT2D eigenvalue weighted by atomic mass is 10.1. The predicted octanol–water partition coefficient (Wildman–Crippen LogP) is -0.360. The summed E-state index contributed by atoms with van der Waals surface area (Å²) < 4.78 is 8.57. The van der Waals surface area contributed by atoms with Crippen LogP contribution in [-0.2, 0) is 19.1 Å². The number of methoxy groups -OCH3 is 2. The summed E-state index contributed by atoms with van der Waals surface area (Å²) in [6.07, 6.45) is -0.384. The highest BCUT2D eigenvalue weighted by Gasteiger charge is 2.17. The summed E-state index contributed by atoms with van der Waals surface area (Å²) in [4.78, 5) is 21.4. The average Bonchev–Trinajstić information content (AvgIpc) is 2.14. The molecule has 0 aliphatic carbocycles. The van der Waals surface area contributed by atoms with Crippen molar-refractivity contribution >= 4 is 11.9 Å². The fraction of sp³-hybridized carbons (Fsp3) is 0.500. The van der Waals surface area contributed by atoms with Crippen molar-refractivity contribution in [3.8, 4) is 0 Å². The summed E-state index contributed by atoms with van der Waals surface area (Å²) in [6.45, 7) is 1.43. The SMILES string of the molecule is COC(=O)/C=C(\C)[C@H](O)C(=O)OC. The largest absolute Gasteiger partial charge is 0.467 e. The minimum atomic E-state index is -1.41. The monoisotopic (exact) mass is 188 g/mol. The van der Waals surface area contributed by atoms with Crippen LogP contribution in [0.5, 0.6) is 0 Å². The van der Waals surface area contributed by atoms with E-state index in [0.29, 0.717) is 0 Å². The second-order valence-corrected chi connectivity index (χ2v) is 2.34. The Balaban J connectivity index is 4.40. The van der Waals surface area contributed by atoms with Gasteiger partial charge < -0.3 is 14.6 Å². The van der Waals surface area contributed by atoms with Crippen LogP contribution >= 0.6 is 0 Å². The van der Waals surface area contributed by atoms with Crippen LogP contribution in [0.25, 0.3) is 0 Å². The van der Waals surface area contributed by atoms with Gasteiger partial charge in [-0.05, 0) is 12.5 Å². The fourth-order valence-corrected chi connectivity index (χ4v) is 0.621. The molecule has 0 spiro atoms. The topological polar surface area (TPSA) is 72.8 Å². The molecule has 0 bridgehead atoms. The Morgan fingerprint density at radius 3 is 2.23 bits per heavy atom. The van der Waals surface area contributed by atoms with E-state index >= 15 is 0 Å². The van der Waals surface area contributed by atoms with Gasteiger partial charge >= 0.3 is 11.9 Å². The molecule has 0 aromatic heterocycles. The molecule has 0 aliphatic heterocycles. The Bertz CT molecular complexity index is 231. The summed E-state index contributed by atoms with van der Waals surface area (Å²) >= 11 is 0. The number of aliphatic hydroxyl groups excluding tert-OH is 1. The zero-order chi connectivity index (χ0) is 10.4. The molecule has 1 atom stereocenters. The Morgan fingerprint density at radius 2 is 1.85 bits per heavy atom. The maximum absolute atomic E-state index is 10.8. The van der Waals surface area contributed by atoms with Gasteiger partial charge in [0.2, 0.25) is 0 Å². The van der Waals surface area contributed by atoms with Crippen molar-refractivity contribution < 1.29 is 24.2 Å². The first-order valence-corrected chi connectivity index (χ1v) is 3.55. The molecule has 0 aromatic rings. The van der Waals surface area contributed by atoms with E-state index in [-0.39, 0.29) is 5.57 Å². The summed E-state index contributed by atoms with van der Waals surface area (Å²) in [7, 11) is 2.35. The molecule has 1 N–H and O–H groups in total. The molecule has 0 rings (SSSR count). The van der Waals surface area contributed by atoms with Crippen LogP contribution < -0.4 is 0 Å². The quantitative estimate of drug-likeness (QED) is 0.483. The molecule has 5 heteroatoms. The van der Waals surface area contributed by atoms with Crippen molar-refractivity contribution in [2.45, 2.75) is 13.0 Å². The van der Waals surface area contributed by atoms with E-state index in [1.54, 1.807) is 0 Å². The zero-order valence-corrected chi connectivity index (χ0v) is 7.73. The first kappa shape index (κ1) is 11.6. The number of aliphatic hydroxyl groups is 1. The average molecular weight is 188 g/mol. The molecule has 0 aromatic carbocycles. The van der Waals surface area contributed by atoms with Crippen molar-refractivity contribution in [3.05, 3.63) is 11.6 Å². The first-order valence-electron chi connectivity index (χ1n) is 3.55. The maximum atomic E-state index is 10.8. The fourth-order valence-electron chi connectivity index (χ4n) is 0.621. The van der Waals surface area contributed by atoms with Crippen LogP contribution in [0.1, 0.15) is 6.92 Å². The number of carbonyl (C=O) groups is 2. The van der Waals surface area contributed by atoms with E-state index in [4.69, 9.17) is 0 Å². The van der Waals surface area contributed by atoms with Crippen LogP contribution in [-0.4, -0.2) is 37.4 Å². The van der Waals surface area contributed by atoms with Crippen molar-refractivity contribution in [1.29, 1.82) is 0 Å². The lowest BCUT2D eigenvalue weighted by Gasteiger charge is -2.07. The van der Waals surface area contributed by atoms with E-state index in [1.165, 1.54) is 14.0 Å². The summed E-state index contributed by atoms with van der Waals surface area (Å²) in [5.41, 5.74) is 0.179. The molecular formula is C8H12O5. The van der Waals surface area contributed by atoms with Crippen LogP contribution in [0.15, 0.2) is 11.6 Å². The molecular weight excluding hydrogens is 176 g/mol.